The second kappa shape index (κ2) is 3.01. The minimum absolute atomic E-state index is 0.225. The van der Waals surface area contributed by atoms with E-state index in [1.54, 1.807) is 0 Å². The molecule has 0 fully saturated rings. The lowest BCUT2D eigenvalue weighted by Crippen LogP contribution is -1.86. The maximum atomic E-state index is 13.0. The Bertz CT molecular complexity index is 476. The lowest BCUT2D eigenvalue weighted by Gasteiger charge is -1.97. The molecule has 0 atom stereocenters. The molecule has 0 aliphatic carbocycles. The molecule has 0 saturated carbocycles. The van der Waals surface area contributed by atoms with Gasteiger partial charge in [-0.1, -0.05) is 0 Å². The summed E-state index contributed by atoms with van der Waals surface area (Å²) in [5.41, 5.74) is 0.298. The number of hydrogen-bond acceptors (Lipinski definition) is 1. The van der Waals surface area contributed by atoms with Crippen LogP contribution in [0.1, 0.15) is 17.7 Å². The van der Waals surface area contributed by atoms with E-state index in [1.807, 2.05) is 0 Å². The van der Waals surface area contributed by atoms with Crippen LogP contribution in [-0.4, -0.2) is 10.2 Å². The molecule has 0 bridgehead atoms. The van der Waals surface area contributed by atoms with Crippen LogP contribution in [0.2, 0.25) is 0 Å². The molecule has 2 nitrogen and oxygen atoms in total. The van der Waals surface area contributed by atoms with Crippen molar-refractivity contribution < 1.29 is 13.2 Å². The van der Waals surface area contributed by atoms with Crippen LogP contribution in [0, 0.1) is 12.7 Å². The third kappa shape index (κ3) is 1.25. The third-order valence-electron chi connectivity index (χ3n) is 2.08. The summed E-state index contributed by atoms with van der Waals surface area (Å²) in [5, 5.41) is 6.07. The molecule has 0 aliphatic heterocycles. The molecular weight excluding hydrogens is 193 g/mol. The van der Waals surface area contributed by atoms with Crippen LogP contribution in [0.5, 0.6) is 0 Å². The van der Waals surface area contributed by atoms with Gasteiger partial charge >= 0.3 is 0 Å². The van der Waals surface area contributed by atoms with Gasteiger partial charge in [-0.3, -0.25) is 5.10 Å². The highest BCUT2D eigenvalue weighted by Gasteiger charge is 2.15. The van der Waals surface area contributed by atoms with E-state index in [-0.39, 0.29) is 16.6 Å². The van der Waals surface area contributed by atoms with Gasteiger partial charge in [-0.2, -0.15) is 5.10 Å². The number of alkyl halides is 2. The van der Waals surface area contributed by atoms with Crippen LogP contribution >= 0.6 is 0 Å². The number of aryl methyl sites for hydroxylation is 1. The van der Waals surface area contributed by atoms with Crippen molar-refractivity contribution in [3.63, 3.8) is 0 Å². The largest absolute Gasteiger partial charge is 0.280 e. The number of aromatic nitrogens is 2. The monoisotopic (exact) mass is 200 g/mol. The Morgan fingerprint density at radius 3 is 2.71 bits per heavy atom. The van der Waals surface area contributed by atoms with Crippen LogP contribution in [0.4, 0.5) is 13.2 Å². The molecule has 0 radical (unpaired) electrons. The summed E-state index contributed by atoms with van der Waals surface area (Å²) in [7, 11) is 0. The Hall–Kier alpha value is -1.52. The average Bonchev–Trinajstić information content (AvgIpc) is 2.48. The van der Waals surface area contributed by atoms with Crippen LogP contribution in [-0.2, 0) is 0 Å². The van der Waals surface area contributed by atoms with Gasteiger partial charge in [0.15, 0.2) is 0 Å². The van der Waals surface area contributed by atoms with E-state index >= 15 is 0 Å². The summed E-state index contributed by atoms with van der Waals surface area (Å²) in [5.74, 6) is -0.440. The number of rotatable bonds is 1. The molecule has 1 heterocycles. The predicted octanol–water partition coefficient (Wildman–Crippen LogP) is 2.95. The van der Waals surface area contributed by atoms with Gasteiger partial charge in [-0.05, 0) is 18.6 Å². The molecular formula is C9H7F3N2. The van der Waals surface area contributed by atoms with Crippen molar-refractivity contribution in [1.82, 2.24) is 10.2 Å². The number of aromatic amines is 1. The molecule has 2 rings (SSSR count). The fourth-order valence-electron chi connectivity index (χ4n) is 1.33. The lowest BCUT2D eigenvalue weighted by molar-refractivity contribution is 0.147. The summed E-state index contributed by atoms with van der Waals surface area (Å²) >= 11 is 0. The fraction of sp³-hybridized carbons (Fsp3) is 0.222. The molecule has 1 N–H and O–H groups in total. The molecule has 0 aliphatic rings. The van der Waals surface area contributed by atoms with Gasteiger partial charge < -0.3 is 0 Å². The Morgan fingerprint density at radius 2 is 2.07 bits per heavy atom. The lowest BCUT2D eigenvalue weighted by atomic mass is 10.1. The first-order valence-corrected chi connectivity index (χ1v) is 4.02. The Balaban J connectivity index is 2.74. The van der Waals surface area contributed by atoms with Crippen molar-refractivity contribution in [3.8, 4) is 0 Å². The molecule has 0 unspecified atom stereocenters. The zero-order valence-corrected chi connectivity index (χ0v) is 7.31. The minimum Gasteiger partial charge on any atom is -0.276 e. The molecule has 2 aromatic rings. The zero-order chi connectivity index (χ0) is 10.3. The molecule has 1 aromatic heterocycles. The average molecular weight is 200 g/mol. The maximum Gasteiger partial charge on any atom is 0.280 e. The van der Waals surface area contributed by atoms with Crippen molar-refractivity contribution >= 4 is 10.9 Å². The minimum atomic E-state index is -2.62. The van der Waals surface area contributed by atoms with Crippen LogP contribution in [0.15, 0.2) is 12.1 Å². The predicted molar refractivity (Wildman–Crippen MR) is 45.7 cm³/mol. The molecule has 0 spiro atoms. The van der Waals surface area contributed by atoms with E-state index in [0.717, 1.165) is 6.07 Å². The van der Waals surface area contributed by atoms with E-state index in [2.05, 4.69) is 10.2 Å². The van der Waals surface area contributed by atoms with Crippen molar-refractivity contribution in [1.29, 1.82) is 0 Å². The van der Waals surface area contributed by atoms with Gasteiger partial charge in [0.1, 0.15) is 11.5 Å². The second-order valence-electron chi connectivity index (χ2n) is 3.06. The van der Waals surface area contributed by atoms with Crippen LogP contribution < -0.4 is 0 Å². The van der Waals surface area contributed by atoms with Gasteiger partial charge in [0.25, 0.3) is 6.43 Å². The van der Waals surface area contributed by atoms with Gasteiger partial charge in [-0.25, -0.2) is 13.2 Å². The summed E-state index contributed by atoms with van der Waals surface area (Å²) in [4.78, 5) is 0. The Morgan fingerprint density at radius 1 is 1.36 bits per heavy atom. The maximum absolute atomic E-state index is 13.0. The molecule has 0 saturated heterocycles. The topological polar surface area (TPSA) is 28.7 Å². The van der Waals surface area contributed by atoms with Gasteiger partial charge in [0, 0.05) is 11.5 Å². The van der Waals surface area contributed by atoms with Crippen molar-refractivity contribution in [2.75, 3.05) is 0 Å². The highest BCUT2D eigenvalue weighted by atomic mass is 19.3. The smallest absolute Gasteiger partial charge is 0.276 e. The van der Waals surface area contributed by atoms with Gasteiger partial charge in [-0.15, -0.1) is 0 Å². The van der Waals surface area contributed by atoms with E-state index in [9.17, 15) is 13.2 Å². The SMILES string of the molecule is Cc1cc2c(C(F)F)[nH]nc2cc1F. The number of H-pyrrole nitrogens is 1. The number of nitrogens with zero attached hydrogens (tertiary/aromatic N) is 1. The first-order valence-electron chi connectivity index (χ1n) is 4.02. The van der Waals surface area contributed by atoms with E-state index in [4.69, 9.17) is 0 Å². The molecule has 1 aromatic carbocycles. The first-order chi connectivity index (χ1) is 6.59. The van der Waals surface area contributed by atoms with E-state index in [1.165, 1.54) is 13.0 Å². The molecule has 74 valence electrons. The number of halogens is 3. The highest BCUT2D eigenvalue weighted by Crippen LogP contribution is 2.26. The summed E-state index contributed by atoms with van der Waals surface area (Å²) in [6.07, 6.45) is -2.62. The zero-order valence-electron chi connectivity index (χ0n) is 7.31. The number of nitrogens with one attached hydrogen (secondary N) is 1. The van der Waals surface area contributed by atoms with Crippen molar-refractivity contribution in [2.24, 2.45) is 0 Å². The Kier molecular flexibility index (Phi) is 1.94. The number of benzene rings is 1. The molecule has 14 heavy (non-hydrogen) atoms. The summed E-state index contributed by atoms with van der Waals surface area (Å²) < 4.78 is 37.8. The van der Waals surface area contributed by atoms with E-state index < -0.39 is 12.2 Å². The third-order valence-corrected chi connectivity index (χ3v) is 2.08. The van der Waals surface area contributed by atoms with Crippen molar-refractivity contribution in [3.05, 3.63) is 29.2 Å². The van der Waals surface area contributed by atoms with Crippen LogP contribution in [0.3, 0.4) is 0 Å². The molecule has 0 amide bonds. The number of hydrogen-bond donors (Lipinski definition) is 1. The Labute approximate surface area is 77.7 Å². The van der Waals surface area contributed by atoms with Gasteiger partial charge in [0.05, 0.1) is 5.52 Å². The standard InChI is InChI=1S/C9H7F3N2/c1-4-2-5-7(3-6(4)10)13-14-8(5)9(11)12/h2-3,9H,1H3,(H,13,14). The second-order valence-corrected chi connectivity index (χ2v) is 3.06. The highest BCUT2D eigenvalue weighted by molar-refractivity contribution is 5.82. The summed E-state index contributed by atoms with van der Waals surface area (Å²) in [6, 6.07) is 2.52. The first kappa shape index (κ1) is 9.05. The summed E-state index contributed by atoms with van der Waals surface area (Å²) in [6.45, 7) is 1.52. The van der Waals surface area contributed by atoms with Crippen molar-refractivity contribution in [2.45, 2.75) is 13.3 Å². The van der Waals surface area contributed by atoms with Crippen LogP contribution in [0.25, 0.3) is 10.9 Å². The van der Waals surface area contributed by atoms with E-state index in [0.29, 0.717) is 5.56 Å². The molecule has 5 heteroatoms. The fourth-order valence-corrected chi connectivity index (χ4v) is 1.33. The normalized spacial score (nSPS) is 11.5. The quantitative estimate of drug-likeness (QED) is 0.753. The van der Waals surface area contributed by atoms with Gasteiger partial charge in [0.2, 0.25) is 0 Å². The number of fused-ring (bicyclic) bond motifs is 1.